The normalized spacial score (nSPS) is 11.2. The molecule has 0 aromatic heterocycles. The van der Waals surface area contributed by atoms with Gasteiger partial charge >= 0.3 is 0 Å². The van der Waals surface area contributed by atoms with Crippen LogP contribution in [0, 0.1) is 0 Å². The molecule has 0 unspecified atom stereocenters. The molecule has 1 rings (SSSR count). The van der Waals surface area contributed by atoms with Crippen LogP contribution >= 0.6 is 11.6 Å². The lowest BCUT2D eigenvalue weighted by atomic mass is 10.2. The number of amides is 1. The first-order valence-corrected chi connectivity index (χ1v) is 5.51. The third-order valence-corrected chi connectivity index (χ3v) is 2.35. The number of hydrogen-bond acceptors (Lipinski definition) is 3. The van der Waals surface area contributed by atoms with Gasteiger partial charge in [-0.1, -0.05) is 22.8 Å². The maximum Gasteiger partial charge on any atom is 0.251 e. The number of nitrogens with one attached hydrogen (secondary N) is 1. The number of carbonyl (C=O) groups is 1. The number of rotatable bonds is 5. The topological polar surface area (TPSA) is 87.7 Å². The third kappa shape index (κ3) is 4.74. The number of halogens is 1. The number of nitrogens with zero attached hydrogens (tertiary/aromatic N) is 1. The van der Waals surface area contributed by atoms with E-state index in [2.05, 4.69) is 10.5 Å². The van der Waals surface area contributed by atoms with Gasteiger partial charge < -0.3 is 16.3 Å². The van der Waals surface area contributed by atoms with Crippen molar-refractivity contribution in [2.45, 2.75) is 12.8 Å². The zero-order valence-corrected chi connectivity index (χ0v) is 9.94. The lowest BCUT2D eigenvalue weighted by Gasteiger charge is -2.04. The fourth-order valence-corrected chi connectivity index (χ4v) is 1.44. The summed E-state index contributed by atoms with van der Waals surface area (Å²) in [7, 11) is 0. The highest BCUT2D eigenvalue weighted by molar-refractivity contribution is 6.30. The largest absolute Gasteiger partial charge is 0.409 e. The number of benzene rings is 1. The summed E-state index contributed by atoms with van der Waals surface area (Å²) < 4.78 is 0. The predicted molar refractivity (Wildman–Crippen MR) is 66.4 cm³/mol. The maximum atomic E-state index is 11.6. The molecule has 1 amide bonds. The number of amidine groups is 1. The number of oxime groups is 1. The van der Waals surface area contributed by atoms with E-state index in [1.165, 1.54) is 0 Å². The van der Waals surface area contributed by atoms with Crippen LogP contribution < -0.4 is 11.1 Å². The Morgan fingerprint density at radius 1 is 1.53 bits per heavy atom. The molecule has 17 heavy (non-hydrogen) atoms. The molecule has 0 saturated heterocycles. The Labute approximate surface area is 104 Å². The first-order chi connectivity index (χ1) is 8.13. The molecule has 92 valence electrons. The molecule has 0 aliphatic rings. The highest BCUT2D eigenvalue weighted by Gasteiger charge is 2.04. The highest BCUT2D eigenvalue weighted by atomic mass is 35.5. The molecule has 5 nitrogen and oxygen atoms in total. The van der Waals surface area contributed by atoms with Crippen LogP contribution in [0.5, 0.6) is 0 Å². The molecule has 0 aliphatic carbocycles. The van der Waals surface area contributed by atoms with Crippen LogP contribution in [-0.2, 0) is 0 Å². The summed E-state index contributed by atoms with van der Waals surface area (Å²) in [6.45, 7) is 0.460. The molecule has 1 aromatic carbocycles. The zero-order chi connectivity index (χ0) is 12.7. The van der Waals surface area contributed by atoms with Gasteiger partial charge in [0, 0.05) is 23.6 Å². The molecule has 1 aromatic rings. The molecule has 0 atom stereocenters. The standard InChI is InChI=1S/C11H14ClN3O2/c12-9-4-1-3-8(7-9)11(16)14-6-2-5-10(13)15-17/h1,3-4,7,17H,2,5-6H2,(H2,13,15)(H,14,16). The Bertz CT molecular complexity index is 421. The monoisotopic (exact) mass is 255 g/mol. The second-order valence-electron chi connectivity index (χ2n) is 3.46. The van der Waals surface area contributed by atoms with E-state index in [4.69, 9.17) is 22.5 Å². The van der Waals surface area contributed by atoms with Gasteiger partial charge in [0.15, 0.2) is 0 Å². The van der Waals surface area contributed by atoms with E-state index in [-0.39, 0.29) is 11.7 Å². The van der Waals surface area contributed by atoms with E-state index in [1.54, 1.807) is 24.3 Å². The zero-order valence-electron chi connectivity index (χ0n) is 9.19. The van der Waals surface area contributed by atoms with Crippen LogP contribution in [0.15, 0.2) is 29.4 Å². The van der Waals surface area contributed by atoms with Crippen molar-refractivity contribution in [1.29, 1.82) is 0 Å². The minimum atomic E-state index is -0.188. The van der Waals surface area contributed by atoms with E-state index < -0.39 is 0 Å². The number of carbonyl (C=O) groups excluding carboxylic acids is 1. The van der Waals surface area contributed by atoms with Gasteiger partial charge in [0.1, 0.15) is 5.84 Å². The smallest absolute Gasteiger partial charge is 0.251 e. The molecule has 0 heterocycles. The van der Waals surface area contributed by atoms with Crippen molar-refractivity contribution in [2.24, 2.45) is 10.9 Å². The summed E-state index contributed by atoms with van der Waals surface area (Å²) in [6.07, 6.45) is 1.05. The predicted octanol–water partition coefficient (Wildman–Crippen LogP) is 1.60. The summed E-state index contributed by atoms with van der Waals surface area (Å²) >= 11 is 5.77. The van der Waals surface area contributed by atoms with Crippen LogP contribution in [0.1, 0.15) is 23.2 Å². The quantitative estimate of drug-likeness (QED) is 0.245. The maximum absolute atomic E-state index is 11.6. The average molecular weight is 256 g/mol. The second kappa shape index (κ2) is 6.75. The molecule has 0 aliphatic heterocycles. The van der Waals surface area contributed by atoms with Crippen molar-refractivity contribution in [3.8, 4) is 0 Å². The lowest BCUT2D eigenvalue weighted by molar-refractivity contribution is 0.0953. The Kier molecular flexibility index (Phi) is 5.29. The molecule has 0 fully saturated rings. The second-order valence-corrected chi connectivity index (χ2v) is 3.90. The third-order valence-electron chi connectivity index (χ3n) is 2.11. The van der Waals surface area contributed by atoms with Crippen molar-refractivity contribution in [3.05, 3.63) is 34.9 Å². The molecule has 0 bridgehead atoms. The fourth-order valence-electron chi connectivity index (χ4n) is 1.25. The SMILES string of the molecule is NC(CCCNC(=O)c1cccc(Cl)c1)=NO. The van der Waals surface area contributed by atoms with Crippen molar-refractivity contribution >= 4 is 23.3 Å². The van der Waals surface area contributed by atoms with Gasteiger partial charge in [-0.25, -0.2) is 0 Å². The molecule has 0 radical (unpaired) electrons. The van der Waals surface area contributed by atoms with E-state index in [1.807, 2.05) is 0 Å². The fraction of sp³-hybridized carbons (Fsp3) is 0.273. The van der Waals surface area contributed by atoms with Gasteiger partial charge in [0.05, 0.1) is 0 Å². The minimum absolute atomic E-state index is 0.155. The van der Waals surface area contributed by atoms with Crippen molar-refractivity contribution in [2.75, 3.05) is 6.54 Å². The molecule has 4 N–H and O–H groups in total. The number of hydrogen-bond donors (Lipinski definition) is 3. The van der Waals surface area contributed by atoms with E-state index >= 15 is 0 Å². The lowest BCUT2D eigenvalue weighted by Crippen LogP contribution is -2.25. The van der Waals surface area contributed by atoms with E-state index in [0.717, 1.165) is 0 Å². The Morgan fingerprint density at radius 3 is 2.94 bits per heavy atom. The first-order valence-electron chi connectivity index (χ1n) is 5.13. The summed E-state index contributed by atoms with van der Waals surface area (Å²) in [5.41, 5.74) is 5.81. The number of nitrogens with two attached hydrogens (primary N) is 1. The van der Waals surface area contributed by atoms with Crippen LogP contribution in [0.3, 0.4) is 0 Å². The summed E-state index contributed by atoms with van der Waals surface area (Å²) in [5.74, 6) is -0.0333. The highest BCUT2D eigenvalue weighted by Crippen LogP contribution is 2.10. The van der Waals surface area contributed by atoms with Crippen molar-refractivity contribution in [1.82, 2.24) is 5.32 Å². The Hall–Kier alpha value is -1.75. The van der Waals surface area contributed by atoms with Crippen LogP contribution in [0.4, 0.5) is 0 Å². The Morgan fingerprint density at radius 2 is 2.29 bits per heavy atom. The van der Waals surface area contributed by atoms with E-state index in [0.29, 0.717) is 30.0 Å². The van der Waals surface area contributed by atoms with Crippen molar-refractivity contribution in [3.63, 3.8) is 0 Å². The molecule has 6 heteroatoms. The summed E-state index contributed by atoms with van der Waals surface area (Å²) in [4.78, 5) is 11.6. The van der Waals surface area contributed by atoms with Crippen LogP contribution in [-0.4, -0.2) is 23.5 Å². The van der Waals surface area contributed by atoms with Crippen LogP contribution in [0.25, 0.3) is 0 Å². The van der Waals surface area contributed by atoms with E-state index in [9.17, 15) is 4.79 Å². The van der Waals surface area contributed by atoms with Crippen LogP contribution in [0.2, 0.25) is 5.02 Å². The summed E-state index contributed by atoms with van der Waals surface area (Å²) in [6, 6.07) is 6.70. The van der Waals surface area contributed by atoms with Gasteiger partial charge in [-0.05, 0) is 24.6 Å². The molecule has 0 saturated carbocycles. The van der Waals surface area contributed by atoms with Gasteiger partial charge in [-0.15, -0.1) is 0 Å². The van der Waals surface area contributed by atoms with Gasteiger partial charge in [0.25, 0.3) is 5.91 Å². The first kappa shape index (κ1) is 13.3. The van der Waals surface area contributed by atoms with Gasteiger partial charge in [-0.2, -0.15) is 0 Å². The van der Waals surface area contributed by atoms with Gasteiger partial charge in [0.2, 0.25) is 0 Å². The Balaban J connectivity index is 2.35. The average Bonchev–Trinajstić information content (AvgIpc) is 2.34. The summed E-state index contributed by atoms with van der Waals surface area (Å²) in [5, 5.41) is 14.4. The van der Waals surface area contributed by atoms with Crippen molar-refractivity contribution < 1.29 is 10.0 Å². The molecular weight excluding hydrogens is 242 g/mol. The van der Waals surface area contributed by atoms with Gasteiger partial charge in [-0.3, -0.25) is 4.79 Å². The molecular formula is C11H14ClN3O2. The minimum Gasteiger partial charge on any atom is -0.409 e. The molecule has 0 spiro atoms.